The molecule has 0 radical (unpaired) electrons. The average molecular weight is 279 g/mol. The predicted molar refractivity (Wildman–Crippen MR) is 69.1 cm³/mol. The minimum atomic E-state index is 0.277. The first-order valence-electron chi connectivity index (χ1n) is 5.35. The minimum absolute atomic E-state index is 0.277. The van der Waals surface area contributed by atoms with E-state index >= 15 is 0 Å². The largest absolute Gasteiger partial charge is 0.334 e. The van der Waals surface area contributed by atoms with Crippen LogP contribution in [0, 0.1) is 11.3 Å². The van der Waals surface area contributed by atoms with Gasteiger partial charge in [-0.1, -0.05) is 5.16 Å². The zero-order chi connectivity index (χ0) is 12.4. The van der Waals surface area contributed by atoms with Crippen molar-refractivity contribution in [2.45, 2.75) is 5.25 Å². The molecule has 1 unspecified atom stereocenters. The maximum Gasteiger partial charge on any atom is 0.262 e. The lowest BCUT2D eigenvalue weighted by Crippen LogP contribution is -2.07. The summed E-state index contributed by atoms with van der Waals surface area (Å²) in [6.45, 7) is 0. The quantitative estimate of drug-likeness (QED) is 0.896. The van der Waals surface area contributed by atoms with Crippen LogP contribution in [0.3, 0.4) is 0 Å². The third-order valence-electron chi connectivity index (χ3n) is 2.53. The first kappa shape index (κ1) is 11.6. The second kappa shape index (κ2) is 5.04. The number of nitrogens with one attached hydrogen (secondary N) is 1. The van der Waals surface area contributed by atoms with E-state index in [0.717, 1.165) is 11.5 Å². The molecule has 0 aliphatic carbocycles. The zero-order valence-corrected chi connectivity index (χ0v) is 10.9. The van der Waals surface area contributed by atoms with Crippen LogP contribution in [0.15, 0.2) is 10.7 Å². The van der Waals surface area contributed by atoms with E-state index in [1.54, 1.807) is 0 Å². The molecule has 0 aromatic carbocycles. The maximum absolute atomic E-state index is 8.91. The first-order valence-corrected chi connectivity index (χ1v) is 7.55. The topological polar surface area (TPSA) is 91.4 Å². The minimum Gasteiger partial charge on any atom is -0.334 e. The number of hydrogen-bond donors (Lipinski definition) is 1. The molecular weight excluding hydrogens is 270 g/mol. The van der Waals surface area contributed by atoms with Crippen molar-refractivity contribution in [3.05, 3.63) is 17.7 Å². The fourth-order valence-corrected chi connectivity index (χ4v) is 4.23. The lowest BCUT2D eigenvalue weighted by atomic mass is 10.2. The Balaban J connectivity index is 1.87. The van der Waals surface area contributed by atoms with Gasteiger partial charge in [0.15, 0.2) is 5.82 Å². The second-order valence-corrected chi connectivity index (χ2v) is 6.12. The molecule has 8 heteroatoms. The molecule has 1 aliphatic rings. The summed E-state index contributed by atoms with van der Waals surface area (Å²) in [6.07, 6.45) is 1.53. The second-order valence-electron chi connectivity index (χ2n) is 3.66. The van der Waals surface area contributed by atoms with Crippen molar-refractivity contribution in [3.8, 4) is 17.5 Å². The standard InChI is InChI=1S/C10H9N5OS2/c11-3-7-6(4-12-14-7)10-13-9(15-16-10)8-5-17-1-2-18-8/h4,8H,1-2,5H2,(H,12,14). The number of rotatable bonds is 2. The third-order valence-corrected chi connectivity index (χ3v) is 5.28. The highest BCUT2D eigenvalue weighted by Crippen LogP contribution is 2.36. The molecule has 2 aromatic rings. The van der Waals surface area contributed by atoms with Gasteiger partial charge in [-0.05, 0) is 0 Å². The van der Waals surface area contributed by atoms with E-state index in [1.807, 2.05) is 29.6 Å². The van der Waals surface area contributed by atoms with Gasteiger partial charge < -0.3 is 4.52 Å². The van der Waals surface area contributed by atoms with Crippen molar-refractivity contribution < 1.29 is 4.52 Å². The smallest absolute Gasteiger partial charge is 0.262 e. The number of H-pyrrole nitrogens is 1. The van der Waals surface area contributed by atoms with Crippen LogP contribution in [0.2, 0.25) is 0 Å². The van der Waals surface area contributed by atoms with Gasteiger partial charge >= 0.3 is 0 Å². The Morgan fingerprint density at radius 1 is 1.50 bits per heavy atom. The van der Waals surface area contributed by atoms with E-state index in [1.165, 1.54) is 11.9 Å². The summed E-state index contributed by atoms with van der Waals surface area (Å²) in [6, 6.07) is 2.01. The Bertz CT molecular complexity index is 581. The Morgan fingerprint density at radius 2 is 2.44 bits per heavy atom. The molecule has 3 heterocycles. The van der Waals surface area contributed by atoms with E-state index in [0.29, 0.717) is 23.0 Å². The van der Waals surface area contributed by atoms with Crippen LogP contribution in [0.25, 0.3) is 11.5 Å². The van der Waals surface area contributed by atoms with E-state index in [9.17, 15) is 0 Å². The summed E-state index contributed by atoms with van der Waals surface area (Å²) in [5, 5.41) is 19.6. The van der Waals surface area contributed by atoms with Crippen LogP contribution in [-0.2, 0) is 0 Å². The number of nitriles is 1. The molecule has 1 fully saturated rings. The van der Waals surface area contributed by atoms with Gasteiger partial charge in [0.25, 0.3) is 5.89 Å². The molecular formula is C10H9N5OS2. The van der Waals surface area contributed by atoms with Gasteiger partial charge in [-0.25, -0.2) is 0 Å². The molecule has 1 atom stereocenters. The van der Waals surface area contributed by atoms with E-state index in [-0.39, 0.29) is 5.25 Å². The monoisotopic (exact) mass is 279 g/mol. The number of hydrogen-bond acceptors (Lipinski definition) is 7. The van der Waals surface area contributed by atoms with Crippen molar-refractivity contribution in [3.63, 3.8) is 0 Å². The Labute approximate surface area is 112 Å². The Hall–Kier alpha value is -1.46. The number of aromatic amines is 1. The highest BCUT2D eigenvalue weighted by molar-refractivity contribution is 8.06. The SMILES string of the molecule is N#Cc1[nH]ncc1-c1nc(C2CSCCS2)no1. The Kier molecular flexibility index (Phi) is 3.25. The summed E-state index contributed by atoms with van der Waals surface area (Å²) in [5.41, 5.74) is 0.903. The summed E-state index contributed by atoms with van der Waals surface area (Å²) in [7, 11) is 0. The van der Waals surface area contributed by atoms with E-state index in [2.05, 4.69) is 20.3 Å². The fourth-order valence-electron chi connectivity index (χ4n) is 1.65. The third kappa shape index (κ3) is 2.11. The number of nitrogens with zero attached hydrogens (tertiary/aromatic N) is 4. The highest BCUT2D eigenvalue weighted by atomic mass is 32.2. The number of thioether (sulfide) groups is 2. The normalized spacial score (nSPS) is 19.6. The van der Waals surface area contributed by atoms with Gasteiger partial charge in [0, 0.05) is 17.3 Å². The molecule has 0 spiro atoms. The van der Waals surface area contributed by atoms with E-state index in [4.69, 9.17) is 9.78 Å². The molecule has 92 valence electrons. The molecule has 1 N–H and O–H groups in total. The summed E-state index contributed by atoms with van der Waals surface area (Å²) < 4.78 is 5.21. The predicted octanol–water partition coefficient (Wildman–Crippen LogP) is 1.85. The average Bonchev–Trinajstić information content (AvgIpc) is 3.08. The fraction of sp³-hybridized carbons (Fsp3) is 0.400. The van der Waals surface area contributed by atoms with E-state index < -0.39 is 0 Å². The van der Waals surface area contributed by atoms with Crippen LogP contribution in [0.1, 0.15) is 16.8 Å². The summed E-state index contributed by atoms with van der Waals surface area (Å²) in [4.78, 5) is 4.36. The molecule has 3 rings (SSSR count). The first-order chi connectivity index (χ1) is 8.88. The molecule has 18 heavy (non-hydrogen) atoms. The van der Waals surface area contributed by atoms with Gasteiger partial charge in [-0.3, -0.25) is 5.10 Å². The van der Waals surface area contributed by atoms with Crippen molar-refractivity contribution in [1.29, 1.82) is 5.26 Å². The van der Waals surface area contributed by atoms with Gasteiger partial charge in [0.1, 0.15) is 11.8 Å². The van der Waals surface area contributed by atoms with Gasteiger partial charge in [-0.15, -0.1) is 11.8 Å². The highest BCUT2D eigenvalue weighted by Gasteiger charge is 2.23. The van der Waals surface area contributed by atoms with Gasteiger partial charge in [0.2, 0.25) is 0 Å². The molecule has 0 amide bonds. The van der Waals surface area contributed by atoms with Crippen molar-refractivity contribution in [2.24, 2.45) is 0 Å². The van der Waals surface area contributed by atoms with Crippen LogP contribution >= 0.6 is 23.5 Å². The maximum atomic E-state index is 8.91. The van der Waals surface area contributed by atoms with Gasteiger partial charge in [-0.2, -0.15) is 27.1 Å². The summed E-state index contributed by atoms with van der Waals surface area (Å²) >= 11 is 3.74. The molecule has 1 saturated heterocycles. The van der Waals surface area contributed by atoms with Crippen LogP contribution < -0.4 is 0 Å². The van der Waals surface area contributed by atoms with Crippen molar-refractivity contribution in [1.82, 2.24) is 20.3 Å². The Morgan fingerprint density at radius 3 is 3.22 bits per heavy atom. The molecule has 1 aliphatic heterocycles. The summed E-state index contributed by atoms with van der Waals surface area (Å²) in [5.74, 6) is 4.33. The van der Waals surface area contributed by atoms with Crippen LogP contribution in [0.5, 0.6) is 0 Å². The van der Waals surface area contributed by atoms with Crippen LogP contribution in [0.4, 0.5) is 0 Å². The van der Waals surface area contributed by atoms with Crippen molar-refractivity contribution >= 4 is 23.5 Å². The lowest BCUT2D eigenvalue weighted by Gasteiger charge is -2.16. The van der Waals surface area contributed by atoms with Crippen LogP contribution in [-0.4, -0.2) is 37.6 Å². The molecule has 0 bridgehead atoms. The molecule has 2 aromatic heterocycles. The van der Waals surface area contributed by atoms with Gasteiger partial charge in [0.05, 0.1) is 17.0 Å². The van der Waals surface area contributed by atoms with Crippen molar-refractivity contribution in [2.75, 3.05) is 17.3 Å². The molecule has 6 nitrogen and oxygen atoms in total. The lowest BCUT2D eigenvalue weighted by molar-refractivity contribution is 0.423. The number of aromatic nitrogens is 4. The zero-order valence-electron chi connectivity index (χ0n) is 9.29. The molecule has 0 saturated carbocycles.